The second-order valence-corrected chi connectivity index (χ2v) is 4.78. The Kier molecular flexibility index (Phi) is 3.64. The molecule has 2 N–H and O–H groups in total. The van der Waals surface area contributed by atoms with Gasteiger partial charge >= 0.3 is 0 Å². The van der Waals surface area contributed by atoms with Crippen LogP contribution < -0.4 is 10.6 Å². The van der Waals surface area contributed by atoms with Gasteiger partial charge in [0.25, 0.3) is 0 Å². The number of nitrogens with one attached hydrogen (secondary N) is 2. The van der Waals surface area contributed by atoms with Gasteiger partial charge in [0.05, 0.1) is 5.52 Å². The summed E-state index contributed by atoms with van der Waals surface area (Å²) in [5, 5.41) is 7.55. The molecule has 0 fully saturated rings. The topological polar surface area (TPSA) is 62.7 Å². The quantitative estimate of drug-likeness (QED) is 0.765. The zero-order valence-corrected chi connectivity index (χ0v) is 12.1. The second kappa shape index (κ2) is 5.75. The Morgan fingerprint density at radius 2 is 2.00 bits per heavy atom. The van der Waals surface area contributed by atoms with E-state index in [1.807, 2.05) is 44.2 Å². The van der Waals surface area contributed by atoms with Gasteiger partial charge in [-0.1, -0.05) is 6.07 Å². The molecule has 0 amide bonds. The average Bonchev–Trinajstić information content (AvgIpc) is 2.47. The van der Waals surface area contributed by atoms with E-state index in [9.17, 15) is 0 Å². The minimum absolute atomic E-state index is 0.641. The van der Waals surface area contributed by atoms with E-state index in [1.165, 1.54) is 0 Å². The lowest BCUT2D eigenvalue weighted by molar-refractivity contribution is 1.05. The van der Waals surface area contributed by atoms with Crippen LogP contribution in [0.25, 0.3) is 10.9 Å². The van der Waals surface area contributed by atoms with Crippen LogP contribution in [0.5, 0.6) is 0 Å². The largest absolute Gasteiger partial charge is 0.354 e. The molecule has 5 nitrogen and oxygen atoms in total. The van der Waals surface area contributed by atoms with E-state index in [0.29, 0.717) is 5.95 Å². The highest BCUT2D eigenvalue weighted by atomic mass is 15.1. The number of nitrogens with zero attached hydrogens (tertiary/aromatic N) is 3. The SMILES string of the molecule is CCNc1nc(C)cc(Nc2ccc3ncccc3c2)n1. The third-order valence-corrected chi connectivity index (χ3v) is 3.06. The van der Waals surface area contributed by atoms with E-state index in [1.54, 1.807) is 6.20 Å². The van der Waals surface area contributed by atoms with Crippen LogP contribution in [-0.4, -0.2) is 21.5 Å². The summed E-state index contributed by atoms with van der Waals surface area (Å²) < 4.78 is 0. The van der Waals surface area contributed by atoms with E-state index in [0.717, 1.165) is 34.6 Å². The molecule has 5 heteroatoms. The number of aromatic nitrogens is 3. The molecule has 3 rings (SSSR count). The van der Waals surface area contributed by atoms with Gasteiger partial charge in [-0.3, -0.25) is 4.98 Å². The Balaban J connectivity index is 1.90. The van der Waals surface area contributed by atoms with Crippen LogP contribution >= 0.6 is 0 Å². The van der Waals surface area contributed by atoms with Gasteiger partial charge in [-0.2, -0.15) is 4.98 Å². The minimum Gasteiger partial charge on any atom is -0.354 e. The van der Waals surface area contributed by atoms with Gasteiger partial charge in [-0.15, -0.1) is 0 Å². The maximum atomic E-state index is 4.45. The molecule has 0 bridgehead atoms. The van der Waals surface area contributed by atoms with Crippen LogP contribution in [-0.2, 0) is 0 Å². The highest BCUT2D eigenvalue weighted by molar-refractivity contribution is 5.83. The predicted octanol–water partition coefficient (Wildman–Crippen LogP) is 3.51. The zero-order chi connectivity index (χ0) is 14.7. The normalized spacial score (nSPS) is 10.6. The first-order valence-corrected chi connectivity index (χ1v) is 6.96. The average molecular weight is 279 g/mol. The summed E-state index contributed by atoms with van der Waals surface area (Å²) in [7, 11) is 0. The fourth-order valence-electron chi connectivity index (χ4n) is 2.17. The Morgan fingerprint density at radius 1 is 1.10 bits per heavy atom. The summed E-state index contributed by atoms with van der Waals surface area (Å²) in [6, 6.07) is 12.0. The van der Waals surface area contributed by atoms with Gasteiger partial charge < -0.3 is 10.6 Å². The van der Waals surface area contributed by atoms with Crippen molar-refractivity contribution in [3.8, 4) is 0 Å². The monoisotopic (exact) mass is 279 g/mol. The molecule has 0 aliphatic rings. The second-order valence-electron chi connectivity index (χ2n) is 4.78. The third-order valence-electron chi connectivity index (χ3n) is 3.06. The lowest BCUT2D eigenvalue weighted by Crippen LogP contribution is -2.05. The van der Waals surface area contributed by atoms with Gasteiger partial charge in [-0.25, -0.2) is 4.98 Å². The smallest absolute Gasteiger partial charge is 0.224 e. The number of fused-ring (bicyclic) bond motifs is 1. The zero-order valence-electron chi connectivity index (χ0n) is 12.1. The molecule has 21 heavy (non-hydrogen) atoms. The Morgan fingerprint density at radius 3 is 2.86 bits per heavy atom. The number of hydrogen-bond acceptors (Lipinski definition) is 5. The lowest BCUT2D eigenvalue weighted by Gasteiger charge is -2.09. The first kappa shape index (κ1) is 13.3. The summed E-state index contributed by atoms with van der Waals surface area (Å²) in [6.07, 6.45) is 1.80. The maximum Gasteiger partial charge on any atom is 0.224 e. The van der Waals surface area contributed by atoms with Crippen molar-refractivity contribution in [3.63, 3.8) is 0 Å². The van der Waals surface area contributed by atoms with Crippen molar-refractivity contribution in [1.82, 2.24) is 15.0 Å². The summed E-state index contributed by atoms with van der Waals surface area (Å²) in [5.74, 6) is 1.42. The van der Waals surface area contributed by atoms with Gasteiger partial charge in [0.15, 0.2) is 0 Å². The van der Waals surface area contributed by atoms with Gasteiger partial charge in [0.2, 0.25) is 5.95 Å². The molecule has 0 radical (unpaired) electrons. The number of hydrogen-bond donors (Lipinski definition) is 2. The molecule has 0 unspecified atom stereocenters. The first-order chi connectivity index (χ1) is 10.2. The van der Waals surface area contributed by atoms with Crippen LogP contribution in [0.15, 0.2) is 42.6 Å². The summed E-state index contributed by atoms with van der Waals surface area (Å²) in [4.78, 5) is 13.1. The van der Waals surface area contributed by atoms with Gasteiger partial charge in [0.1, 0.15) is 5.82 Å². The fraction of sp³-hybridized carbons (Fsp3) is 0.188. The lowest BCUT2D eigenvalue weighted by atomic mass is 10.2. The van der Waals surface area contributed by atoms with E-state index < -0.39 is 0 Å². The number of aryl methyl sites for hydroxylation is 1. The number of anilines is 3. The van der Waals surface area contributed by atoms with Crippen LogP contribution in [0, 0.1) is 6.92 Å². The molecule has 0 saturated heterocycles. The minimum atomic E-state index is 0.641. The van der Waals surface area contributed by atoms with Gasteiger partial charge in [0, 0.05) is 35.6 Å². The Hall–Kier alpha value is -2.69. The van der Waals surface area contributed by atoms with Crippen molar-refractivity contribution in [2.75, 3.05) is 17.2 Å². The molecule has 0 atom stereocenters. The summed E-state index contributed by atoms with van der Waals surface area (Å²) >= 11 is 0. The predicted molar refractivity (Wildman–Crippen MR) is 86.0 cm³/mol. The van der Waals surface area contributed by atoms with Crippen molar-refractivity contribution < 1.29 is 0 Å². The van der Waals surface area contributed by atoms with Crippen molar-refractivity contribution in [3.05, 3.63) is 48.3 Å². The van der Waals surface area contributed by atoms with E-state index >= 15 is 0 Å². The van der Waals surface area contributed by atoms with Crippen molar-refractivity contribution in [1.29, 1.82) is 0 Å². The van der Waals surface area contributed by atoms with E-state index in [-0.39, 0.29) is 0 Å². The van der Waals surface area contributed by atoms with Crippen molar-refractivity contribution >= 4 is 28.4 Å². The summed E-state index contributed by atoms with van der Waals surface area (Å²) in [5.41, 5.74) is 2.89. The number of benzene rings is 1. The van der Waals surface area contributed by atoms with E-state index in [4.69, 9.17) is 0 Å². The molecular formula is C16H17N5. The van der Waals surface area contributed by atoms with Gasteiger partial charge in [-0.05, 0) is 38.1 Å². The van der Waals surface area contributed by atoms with E-state index in [2.05, 4.69) is 31.7 Å². The number of pyridine rings is 1. The molecule has 106 valence electrons. The molecule has 2 heterocycles. The standard InChI is InChI=1S/C16H17N5/c1-3-17-16-19-11(2)9-15(21-16)20-13-6-7-14-12(10-13)5-4-8-18-14/h4-10H,3H2,1-2H3,(H2,17,19,20,21). The molecule has 0 aliphatic heterocycles. The Labute approximate surface area is 123 Å². The van der Waals surface area contributed by atoms with Crippen LogP contribution in [0.3, 0.4) is 0 Å². The van der Waals surface area contributed by atoms with Crippen molar-refractivity contribution in [2.24, 2.45) is 0 Å². The van der Waals surface area contributed by atoms with Crippen LogP contribution in [0.4, 0.5) is 17.5 Å². The fourth-order valence-corrected chi connectivity index (χ4v) is 2.17. The molecular weight excluding hydrogens is 262 g/mol. The third kappa shape index (κ3) is 3.08. The van der Waals surface area contributed by atoms with Crippen LogP contribution in [0.1, 0.15) is 12.6 Å². The maximum absolute atomic E-state index is 4.45. The molecule has 2 aromatic heterocycles. The molecule has 0 spiro atoms. The summed E-state index contributed by atoms with van der Waals surface area (Å²) in [6.45, 7) is 4.78. The molecule has 3 aromatic rings. The molecule has 1 aromatic carbocycles. The first-order valence-electron chi connectivity index (χ1n) is 6.96. The van der Waals surface area contributed by atoms with Crippen LogP contribution in [0.2, 0.25) is 0 Å². The number of rotatable bonds is 4. The molecule has 0 aliphatic carbocycles. The highest BCUT2D eigenvalue weighted by Gasteiger charge is 2.03. The molecule has 0 saturated carbocycles. The Bertz CT molecular complexity index is 769. The highest BCUT2D eigenvalue weighted by Crippen LogP contribution is 2.21. The van der Waals surface area contributed by atoms with Crippen molar-refractivity contribution in [2.45, 2.75) is 13.8 Å².